The zero-order valence-corrected chi connectivity index (χ0v) is 21.8. The van der Waals surface area contributed by atoms with Crippen LogP contribution in [-0.2, 0) is 9.59 Å². The van der Waals surface area contributed by atoms with Gasteiger partial charge in [-0.2, -0.15) is 10.2 Å². The van der Waals surface area contributed by atoms with Gasteiger partial charge in [0.05, 0.1) is 23.8 Å². The summed E-state index contributed by atoms with van der Waals surface area (Å²) < 4.78 is 0. The van der Waals surface area contributed by atoms with Gasteiger partial charge < -0.3 is 21.2 Å². The van der Waals surface area contributed by atoms with Crippen molar-refractivity contribution < 1.29 is 9.59 Å². The molecule has 1 aliphatic rings. The summed E-state index contributed by atoms with van der Waals surface area (Å²) in [5.74, 6) is 1.27. The summed E-state index contributed by atoms with van der Waals surface area (Å²) in [5, 5.41) is 15.1. The van der Waals surface area contributed by atoms with E-state index in [9.17, 15) is 4.79 Å². The second-order valence-corrected chi connectivity index (χ2v) is 9.71. The topological polar surface area (TPSA) is 136 Å². The molecule has 192 valence electrons. The SMILES string of the molecule is CNc1cc(-c2cnnc(-c3cc(NCCC(C)(C)C)cnc3C)c2)ccn1.NC=O.O=CC1CC1. The monoisotopic (exact) mass is 491 g/mol. The molecule has 1 fully saturated rings. The van der Waals surface area contributed by atoms with E-state index < -0.39 is 0 Å². The van der Waals surface area contributed by atoms with Crippen LogP contribution in [0.2, 0.25) is 0 Å². The minimum atomic E-state index is 0.250. The van der Waals surface area contributed by atoms with Crippen molar-refractivity contribution in [2.45, 2.75) is 47.0 Å². The molecule has 3 aromatic heterocycles. The van der Waals surface area contributed by atoms with Crippen LogP contribution >= 0.6 is 0 Å². The number of rotatable bonds is 7. The molecule has 4 N–H and O–H groups in total. The minimum absolute atomic E-state index is 0.250. The fourth-order valence-corrected chi connectivity index (χ4v) is 3.11. The van der Waals surface area contributed by atoms with Crippen LogP contribution in [0.3, 0.4) is 0 Å². The number of nitrogens with one attached hydrogen (secondary N) is 2. The molecule has 36 heavy (non-hydrogen) atoms. The van der Waals surface area contributed by atoms with Crippen molar-refractivity contribution in [1.82, 2.24) is 20.2 Å². The third kappa shape index (κ3) is 9.77. The second-order valence-electron chi connectivity index (χ2n) is 9.71. The maximum Gasteiger partial charge on any atom is 0.204 e. The third-order valence-electron chi connectivity index (χ3n) is 5.39. The number of hydrogen-bond acceptors (Lipinski definition) is 8. The van der Waals surface area contributed by atoms with Crippen LogP contribution in [0.5, 0.6) is 0 Å². The minimum Gasteiger partial charge on any atom is -0.384 e. The predicted molar refractivity (Wildman–Crippen MR) is 144 cm³/mol. The number of pyridine rings is 2. The van der Waals surface area contributed by atoms with Crippen molar-refractivity contribution >= 4 is 24.2 Å². The van der Waals surface area contributed by atoms with Gasteiger partial charge in [-0.1, -0.05) is 20.8 Å². The van der Waals surface area contributed by atoms with Gasteiger partial charge in [-0.15, -0.1) is 0 Å². The summed E-state index contributed by atoms with van der Waals surface area (Å²) in [6, 6.07) is 8.11. The summed E-state index contributed by atoms with van der Waals surface area (Å²) in [4.78, 5) is 27.0. The van der Waals surface area contributed by atoms with Crippen LogP contribution in [0, 0.1) is 18.3 Å². The van der Waals surface area contributed by atoms with Gasteiger partial charge in [-0.3, -0.25) is 9.78 Å². The molecule has 0 bridgehead atoms. The first-order valence-electron chi connectivity index (χ1n) is 12.0. The van der Waals surface area contributed by atoms with Crippen molar-refractivity contribution in [1.29, 1.82) is 0 Å². The van der Waals surface area contributed by atoms with E-state index >= 15 is 0 Å². The number of carbonyl (C=O) groups excluding carboxylic acids is 2. The number of hydrogen-bond donors (Lipinski definition) is 3. The number of nitrogens with two attached hydrogens (primary N) is 1. The molecule has 4 rings (SSSR count). The Labute approximate surface area is 213 Å². The first kappa shape index (κ1) is 28.4. The van der Waals surface area contributed by atoms with Gasteiger partial charge in [0.25, 0.3) is 0 Å². The highest BCUT2D eigenvalue weighted by molar-refractivity contribution is 5.73. The van der Waals surface area contributed by atoms with E-state index in [1.807, 2.05) is 38.4 Å². The number of primary amides is 1. The maximum atomic E-state index is 9.57. The Hall–Kier alpha value is -3.88. The van der Waals surface area contributed by atoms with E-state index in [2.05, 4.69) is 63.4 Å². The lowest BCUT2D eigenvalue weighted by Gasteiger charge is -2.18. The molecule has 0 aliphatic heterocycles. The van der Waals surface area contributed by atoms with Crippen LogP contribution in [0.4, 0.5) is 11.5 Å². The van der Waals surface area contributed by atoms with E-state index in [0.717, 1.165) is 71.7 Å². The molecule has 0 unspecified atom stereocenters. The maximum absolute atomic E-state index is 9.57. The molecule has 0 saturated heterocycles. The van der Waals surface area contributed by atoms with E-state index in [4.69, 9.17) is 4.79 Å². The van der Waals surface area contributed by atoms with E-state index in [-0.39, 0.29) is 6.41 Å². The average Bonchev–Trinajstić information content (AvgIpc) is 3.70. The highest BCUT2D eigenvalue weighted by Crippen LogP contribution is 2.28. The van der Waals surface area contributed by atoms with Crippen molar-refractivity contribution in [3.8, 4) is 22.4 Å². The second kappa shape index (κ2) is 13.9. The van der Waals surface area contributed by atoms with Crippen molar-refractivity contribution in [3.63, 3.8) is 0 Å². The number of carbonyl (C=O) groups is 2. The number of aromatic nitrogens is 4. The van der Waals surface area contributed by atoms with Gasteiger partial charge in [0.1, 0.15) is 12.1 Å². The molecule has 1 saturated carbocycles. The molecule has 9 nitrogen and oxygen atoms in total. The third-order valence-corrected chi connectivity index (χ3v) is 5.39. The Bertz CT molecular complexity index is 1130. The molecule has 0 radical (unpaired) electrons. The van der Waals surface area contributed by atoms with Gasteiger partial charge in [-0.25, -0.2) is 4.98 Å². The number of amides is 1. The Morgan fingerprint density at radius 1 is 1.08 bits per heavy atom. The van der Waals surface area contributed by atoms with Crippen LogP contribution in [0.15, 0.2) is 42.9 Å². The Morgan fingerprint density at radius 3 is 2.39 bits per heavy atom. The predicted octanol–water partition coefficient (Wildman–Crippen LogP) is 4.50. The van der Waals surface area contributed by atoms with E-state index in [0.29, 0.717) is 11.3 Å². The lowest BCUT2D eigenvalue weighted by atomic mass is 9.92. The van der Waals surface area contributed by atoms with Crippen molar-refractivity contribution in [2.24, 2.45) is 17.1 Å². The van der Waals surface area contributed by atoms with Crippen LogP contribution in [0.1, 0.15) is 45.7 Å². The molecular formula is C27H37N7O2. The number of aryl methyl sites for hydroxylation is 1. The molecule has 3 heterocycles. The largest absolute Gasteiger partial charge is 0.384 e. The lowest BCUT2D eigenvalue weighted by molar-refractivity contribution is -0.109. The smallest absolute Gasteiger partial charge is 0.204 e. The Morgan fingerprint density at radius 2 is 1.81 bits per heavy atom. The first-order valence-corrected chi connectivity index (χ1v) is 12.0. The fraction of sp³-hybridized carbons (Fsp3) is 0.407. The number of aldehydes is 1. The zero-order valence-electron chi connectivity index (χ0n) is 21.8. The van der Waals surface area contributed by atoms with Crippen LogP contribution < -0.4 is 16.4 Å². The summed E-state index contributed by atoms with van der Waals surface area (Å²) in [6.45, 7) is 9.63. The highest BCUT2D eigenvalue weighted by Gasteiger charge is 2.19. The molecule has 3 aromatic rings. The van der Waals surface area contributed by atoms with Gasteiger partial charge in [0.2, 0.25) is 6.41 Å². The molecular weight excluding hydrogens is 454 g/mol. The summed E-state index contributed by atoms with van der Waals surface area (Å²) in [5.41, 5.74) is 10.2. The molecule has 9 heteroatoms. The quantitative estimate of drug-likeness (QED) is 0.411. The lowest BCUT2D eigenvalue weighted by Crippen LogP contribution is -2.13. The van der Waals surface area contributed by atoms with Crippen LogP contribution in [0.25, 0.3) is 22.4 Å². The Kier molecular flexibility index (Phi) is 10.9. The summed E-state index contributed by atoms with van der Waals surface area (Å²) in [6.07, 6.45) is 10.1. The molecule has 1 aliphatic carbocycles. The van der Waals surface area contributed by atoms with Crippen molar-refractivity contribution in [2.75, 3.05) is 24.2 Å². The first-order chi connectivity index (χ1) is 17.2. The fourth-order valence-electron chi connectivity index (χ4n) is 3.11. The molecule has 0 spiro atoms. The average molecular weight is 492 g/mol. The zero-order chi connectivity index (χ0) is 26.6. The van der Waals surface area contributed by atoms with Gasteiger partial charge in [0.15, 0.2) is 0 Å². The van der Waals surface area contributed by atoms with Gasteiger partial charge >= 0.3 is 0 Å². The summed E-state index contributed by atoms with van der Waals surface area (Å²) in [7, 11) is 1.86. The normalized spacial score (nSPS) is 12.2. The standard InChI is InChI=1S/C22H28N6.C4H6O.CH3NO/c1-15-19(12-18(14-26-15)24-9-7-22(2,3)4)20-10-17(13-27-28-20)16-6-8-25-21(11-16)23-5;5-3-4-1-2-4;2-1-3/h6,8,10-14,24H,7,9H2,1-5H3,(H,23,25);3-4H,1-2H2;1H,(H2,2,3). The molecule has 0 atom stereocenters. The highest BCUT2D eigenvalue weighted by atomic mass is 16.1. The Balaban J connectivity index is 0.000000490. The van der Waals surface area contributed by atoms with E-state index in [1.54, 1.807) is 12.4 Å². The van der Waals surface area contributed by atoms with Crippen molar-refractivity contribution in [3.05, 3.63) is 48.5 Å². The van der Waals surface area contributed by atoms with Crippen LogP contribution in [-0.4, -0.2) is 46.5 Å². The summed E-state index contributed by atoms with van der Waals surface area (Å²) >= 11 is 0. The van der Waals surface area contributed by atoms with Gasteiger partial charge in [0, 0.05) is 42.5 Å². The molecule has 1 amide bonds. The number of anilines is 2. The molecule has 0 aromatic carbocycles. The van der Waals surface area contributed by atoms with Gasteiger partial charge in [-0.05, 0) is 61.4 Å². The number of nitrogens with zero attached hydrogens (tertiary/aromatic N) is 4. The van der Waals surface area contributed by atoms with E-state index in [1.165, 1.54) is 0 Å².